The van der Waals surface area contributed by atoms with Crippen molar-refractivity contribution < 1.29 is 17.8 Å². The summed E-state index contributed by atoms with van der Waals surface area (Å²) in [5.41, 5.74) is 1.45. The van der Waals surface area contributed by atoms with E-state index in [4.69, 9.17) is 4.74 Å². The molecule has 0 fully saturated rings. The van der Waals surface area contributed by atoms with Crippen LogP contribution < -0.4 is 9.46 Å². The Morgan fingerprint density at radius 2 is 2.06 bits per heavy atom. The van der Waals surface area contributed by atoms with Crippen molar-refractivity contribution in [2.75, 3.05) is 0 Å². The maximum atomic E-state index is 13.0. The SMILES string of the molecule is CCn1c(Oc2ccc3cc[nH]c3c2)nnc1[C@@H](C)NS(=O)(=O)c1cccc2nonc12. The van der Waals surface area contributed by atoms with E-state index < -0.39 is 16.1 Å². The van der Waals surface area contributed by atoms with E-state index in [0.717, 1.165) is 10.9 Å². The number of hydrogen-bond donors (Lipinski definition) is 2. The number of benzene rings is 2. The van der Waals surface area contributed by atoms with Gasteiger partial charge >= 0.3 is 6.01 Å². The van der Waals surface area contributed by atoms with Gasteiger partial charge in [-0.25, -0.2) is 17.8 Å². The highest BCUT2D eigenvalue weighted by molar-refractivity contribution is 7.89. The van der Waals surface area contributed by atoms with E-state index in [1.54, 1.807) is 23.6 Å². The third kappa shape index (κ3) is 3.48. The summed E-state index contributed by atoms with van der Waals surface area (Å²) in [5.74, 6) is 1.00. The second kappa shape index (κ2) is 7.73. The van der Waals surface area contributed by atoms with Gasteiger partial charge in [0.05, 0.1) is 6.04 Å². The van der Waals surface area contributed by atoms with Crippen LogP contribution >= 0.6 is 0 Å². The average Bonchev–Trinajstić information content (AvgIpc) is 3.51. The van der Waals surface area contributed by atoms with Gasteiger partial charge in [-0.05, 0) is 59.9 Å². The molecule has 11 nitrogen and oxygen atoms in total. The quantitative estimate of drug-likeness (QED) is 0.383. The van der Waals surface area contributed by atoms with Crippen LogP contribution in [0.2, 0.25) is 0 Å². The molecule has 0 bridgehead atoms. The van der Waals surface area contributed by atoms with Crippen LogP contribution in [0.3, 0.4) is 0 Å². The Morgan fingerprint density at radius 3 is 2.91 bits per heavy atom. The first-order valence-corrected chi connectivity index (χ1v) is 11.4. The van der Waals surface area contributed by atoms with E-state index in [2.05, 4.69) is 34.8 Å². The molecule has 3 heterocycles. The molecule has 0 unspecified atom stereocenters. The predicted molar refractivity (Wildman–Crippen MR) is 115 cm³/mol. The van der Waals surface area contributed by atoms with Gasteiger partial charge in [-0.3, -0.25) is 4.57 Å². The standard InChI is InChI=1S/C20H19N7O4S/c1-3-27-19(22-23-20(27)30-14-8-7-13-9-10-21-16(13)11-14)12(2)26-32(28,29)17-6-4-5-15-18(17)25-31-24-15/h4-12,21,26H,3H2,1-2H3/t12-/m1/s1. The zero-order valence-corrected chi connectivity index (χ0v) is 18.0. The second-order valence-electron chi connectivity index (χ2n) is 7.14. The number of aromatic amines is 1. The Bertz CT molecular complexity index is 1520. The van der Waals surface area contributed by atoms with Gasteiger partial charge < -0.3 is 9.72 Å². The molecular formula is C20H19N7O4S. The zero-order chi connectivity index (χ0) is 22.3. The lowest BCUT2D eigenvalue weighted by Crippen LogP contribution is -2.29. The Kier molecular flexibility index (Phi) is 4.87. The summed E-state index contributed by atoms with van der Waals surface area (Å²) in [4.78, 5) is 3.11. The number of aromatic nitrogens is 6. The third-order valence-corrected chi connectivity index (χ3v) is 6.63. The van der Waals surface area contributed by atoms with Gasteiger partial charge in [0.2, 0.25) is 10.0 Å². The highest BCUT2D eigenvalue weighted by Crippen LogP contribution is 2.27. The summed E-state index contributed by atoms with van der Waals surface area (Å²) in [6.45, 7) is 4.07. The summed E-state index contributed by atoms with van der Waals surface area (Å²) in [5, 5.41) is 16.8. The number of nitrogens with one attached hydrogen (secondary N) is 2. The summed E-state index contributed by atoms with van der Waals surface area (Å²) in [6, 6.07) is 11.8. The van der Waals surface area contributed by atoms with Crippen LogP contribution in [0, 0.1) is 0 Å². The maximum Gasteiger partial charge on any atom is 0.322 e. The summed E-state index contributed by atoms with van der Waals surface area (Å²) >= 11 is 0. The third-order valence-electron chi connectivity index (χ3n) is 5.06. The van der Waals surface area contributed by atoms with Crippen molar-refractivity contribution in [3.8, 4) is 11.8 Å². The normalized spacial score (nSPS) is 13.1. The van der Waals surface area contributed by atoms with Crippen LogP contribution in [0.5, 0.6) is 11.8 Å². The highest BCUT2D eigenvalue weighted by atomic mass is 32.2. The number of hydrogen-bond acceptors (Lipinski definition) is 8. The first-order valence-electron chi connectivity index (χ1n) is 9.88. The summed E-state index contributed by atoms with van der Waals surface area (Å²) in [6.07, 6.45) is 1.85. The van der Waals surface area contributed by atoms with Gasteiger partial charge in [0, 0.05) is 24.3 Å². The Morgan fingerprint density at radius 1 is 1.19 bits per heavy atom. The minimum Gasteiger partial charge on any atom is -0.424 e. The molecular weight excluding hydrogens is 434 g/mol. The van der Waals surface area contributed by atoms with Gasteiger partial charge in [-0.2, -0.15) is 0 Å². The first kappa shape index (κ1) is 20.2. The molecule has 5 rings (SSSR count). The molecule has 0 aliphatic rings. The van der Waals surface area contributed by atoms with Crippen LogP contribution in [0.4, 0.5) is 0 Å². The summed E-state index contributed by atoms with van der Waals surface area (Å²) in [7, 11) is -3.94. The fourth-order valence-corrected chi connectivity index (χ4v) is 4.89. The van der Waals surface area contributed by atoms with E-state index >= 15 is 0 Å². The molecule has 2 aromatic carbocycles. The summed E-state index contributed by atoms with van der Waals surface area (Å²) < 4.78 is 41.0. The molecule has 1 atom stereocenters. The Balaban J connectivity index is 1.42. The molecule has 0 saturated carbocycles. The van der Waals surface area contributed by atoms with Crippen LogP contribution in [-0.4, -0.2) is 38.5 Å². The number of H-pyrrole nitrogens is 1. The lowest BCUT2D eigenvalue weighted by molar-refractivity contribution is 0.315. The molecule has 3 aromatic heterocycles. The van der Waals surface area contributed by atoms with Crippen LogP contribution in [0.1, 0.15) is 25.7 Å². The Labute approximate surface area is 182 Å². The predicted octanol–water partition coefficient (Wildman–Crippen LogP) is 3.15. The number of ether oxygens (including phenoxy) is 1. The highest BCUT2D eigenvalue weighted by Gasteiger charge is 2.26. The molecule has 5 aromatic rings. The fourth-order valence-electron chi connectivity index (χ4n) is 3.54. The van der Waals surface area contributed by atoms with Crippen molar-refractivity contribution >= 4 is 32.0 Å². The number of sulfonamides is 1. The van der Waals surface area contributed by atoms with Crippen molar-refractivity contribution in [2.24, 2.45) is 0 Å². The fraction of sp³-hybridized carbons (Fsp3) is 0.200. The lowest BCUT2D eigenvalue weighted by Gasteiger charge is -2.15. The van der Waals surface area contributed by atoms with E-state index in [1.165, 1.54) is 6.07 Å². The topological polar surface area (TPSA) is 141 Å². The van der Waals surface area contributed by atoms with Crippen LogP contribution in [0.25, 0.3) is 21.9 Å². The molecule has 0 aliphatic heterocycles. The smallest absolute Gasteiger partial charge is 0.322 e. The number of rotatable bonds is 7. The number of fused-ring (bicyclic) bond motifs is 2. The molecule has 0 saturated heterocycles. The molecule has 2 N–H and O–H groups in total. The van der Waals surface area contributed by atoms with Crippen molar-refractivity contribution in [1.29, 1.82) is 0 Å². The molecule has 0 spiro atoms. The van der Waals surface area contributed by atoms with Gasteiger partial charge in [0.1, 0.15) is 16.2 Å². The van der Waals surface area contributed by atoms with Crippen molar-refractivity contribution in [2.45, 2.75) is 31.3 Å². The second-order valence-corrected chi connectivity index (χ2v) is 8.83. The maximum absolute atomic E-state index is 13.0. The Hall–Kier alpha value is -3.77. The van der Waals surface area contributed by atoms with Gasteiger partial charge in [0.25, 0.3) is 0 Å². The van der Waals surface area contributed by atoms with Gasteiger partial charge in [-0.1, -0.05) is 11.2 Å². The molecule has 164 valence electrons. The van der Waals surface area contributed by atoms with E-state index in [-0.39, 0.29) is 16.4 Å². The van der Waals surface area contributed by atoms with E-state index in [0.29, 0.717) is 23.6 Å². The molecule has 0 radical (unpaired) electrons. The zero-order valence-electron chi connectivity index (χ0n) is 17.2. The molecule has 0 aliphatic carbocycles. The average molecular weight is 453 g/mol. The van der Waals surface area contributed by atoms with Crippen LogP contribution in [0.15, 0.2) is 58.2 Å². The van der Waals surface area contributed by atoms with E-state index in [9.17, 15) is 8.42 Å². The molecule has 32 heavy (non-hydrogen) atoms. The van der Waals surface area contributed by atoms with E-state index in [1.807, 2.05) is 37.4 Å². The minimum atomic E-state index is -3.94. The monoisotopic (exact) mass is 453 g/mol. The molecule has 0 amide bonds. The number of nitrogens with zero attached hydrogens (tertiary/aromatic N) is 5. The van der Waals surface area contributed by atoms with Crippen LogP contribution in [-0.2, 0) is 16.6 Å². The van der Waals surface area contributed by atoms with Gasteiger partial charge in [-0.15, -0.1) is 5.10 Å². The first-order chi connectivity index (χ1) is 15.5. The largest absolute Gasteiger partial charge is 0.424 e. The van der Waals surface area contributed by atoms with Crippen molar-refractivity contribution in [3.05, 3.63) is 54.5 Å². The van der Waals surface area contributed by atoms with Gasteiger partial charge in [0.15, 0.2) is 11.3 Å². The lowest BCUT2D eigenvalue weighted by atomic mass is 10.2. The van der Waals surface area contributed by atoms with Crippen molar-refractivity contribution in [3.63, 3.8) is 0 Å². The van der Waals surface area contributed by atoms with Crippen molar-refractivity contribution in [1.82, 2.24) is 34.8 Å². The minimum absolute atomic E-state index is 0.0265. The molecule has 12 heteroatoms.